The van der Waals surface area contributed by atoms with E-state index in [1.165, 1.54) is 33.4 Å². The molecule has 0 bridgehead atoms. The predicted molar refractivity (Wildman–Crippen MR) is 217 cm³/mol. The maximum Gasteiger partial charge on any atom is 0.160 e. The third-order valence-corrected chi connectivity index (χ3v) is 10.5. The molecule has 53 heavy (non-hydrogen) atoms. The predicted octanol–water partition coefficient (Wildman–Crippen LogP) is 11.9. The highest BCUT2D eigenvalue weighted by Gasteiger charge is 2.19. The standard InChI is InChI=1S/C49H34N4/c1-53-47-30-39(26-27-44(47)52-49(53)37-12-6-3-7-13-37)33-18-22-36(23-19-33)48-50-45(34-10-4-2-5-11-34)31-46(51-48)35-20-16-32(17-21-35)38-24-25-41-28-40-14-8-9-15-42(40)43(41)29-38/h2-27,29-31H,28H2,1H3. The number of hydrogen-bond donors (Lipinski definition) is 0. The molecule has 4 nitrogen and oxygen atoms in total. The van der Waals surface area contributed by atoms with Crippen molar-refractivity contribution in [3.63, 3.8) is 0 Å². The van der Waals surface area contributed by atoms with E-state index >= 15 is 0 Å². The molecular weight excluding hydrogens is 645 g/mol. The Morgan fingerprint density at radius 2 is 0.925 bits per heavy atom. The Bertz CT molecular complexity index is 2780. The Hall–Kier alpha value is -6.91. The number of rotatable bonds is 6. The van der Waals surface area contributed by atoms with Crippen molar-refractivity contribution in [3.8, 4) is 78.7 Å². The summed E-state index contributed by atoms with van der Waals surface area (Å²) in [6.07, 6.45) is 1.00. The van der Waals surface area contributed by atoms with E-state index in [0.29, 0.717) is 5.82 Å². The van der Waals surface area contributed by atoms with Gasteiger partial charge in [0, 0.05) is 29.3 Å². The third kappa shape index (κ3) is 5.62. The molecule has 0 saturated carbocycles. The summed E-state index contributed by atoms with van der Waals surface area (Å²) in [4.78, 5) is 15.1. The van der Waals surface area contributed by atoms with E-state index in [1.54, 1.807) is 0 Å². The first-order valence-electron chi connectivity index (χ1n) is 18.0. The molecule has 0 radical (unpaired) electrons. The molecule has 0 fully saturated rings. The lowest BCUT2D eigenvalue weighted by molar-refractivity contribution is 0.959. The largest absolute Gasteiger partial charge is 0.327 e. The second kappa shape index (κ2) is 12.7. The van der Waals surface area contributed by atoms with Gasteiger partial charge in [-0.2, -0.15) is 0 Å². The van der Waals surface area contributed by atoms with Gasteiger partial charge in [-0.25, -0.2) is 15.0 Å². The number of aromatic nitrogens is 4. The smallest absolute Gasteiger partial charge is 0.160 e. The van der Waals surface area contributed by atoms with Gasteiger partial charge in [0.1, 0.15) is 5.82 Å². The van der Waals surface area contributed by atoms with Gasteiger partial charge in [-0.1, -0.05) is 152 Å². The summed E-state index contributed by atoms with van der Waals surface area (Å²) >= 11 is 0. The van der Waals surface area contributed by atoms with Crippen LogP contribution in [-0.4, -0.2) is 19.5 Å². The monoisotopic (exact) mass is 678 g/mol. The fraction of sp³-hybridized carbons (Fsp3) is 0.0408. The molecule has 0 amide bonds. The Morgan fingerprint density at radius 3 is 1.64 bits per heavy atom. The number of imidazole rings is 1. The molecule has 0 N–H and O–H groups in total. The molecule has 0 saturated heterocycles. The van der Waals surface area contributed by atoms with Crippen molar-refractivity contribution in [3.05, 3.63) is 187 Å². The number of fused-ring (bicyclic) bond motifs is 4. The molecule has 9 aromatic rings. The number of benzene rings is 7. The van der Waals surface area contributed by atoms with Crippen molar-refractivity contribution in [2.45, 2.75) is 6.42 Å². The van der Waals surface area contributed by atoms with Crippen LogP contribution in [-0.2, 0) is 13.5 Å². The van der Waals surface area contributed by atoms with Crippen molar-refractivity contribution in [1.82, 2.24) is 19.5 Å². The molecule has 250 valence electrons. The minimum absolute atomic E-state index is 0.698. The Balaban J connectivity index is 0.980. The molecule has 1 aliphatic carbocycles. The SMILES string of the molecule is Cn1c(-c2ccccc2)nc2ccc(-c3ccc(-c4nc(-c5ccccc5)cc(-c5ccc(-c6ccc7c(c6)-c6ccccc6C7)cc5)n4)cc3)cc21. The molecule has 0 atom stereocenters. The highest BCUT2D eigenvalue weighted by Crippen LogP contribution is 2.39. The zero-order chi connectivity index (χ0) is 35.3. The Labute approximate surface area is 308 Å². The zero-order valence-corrected chi connectivity index (χ0v) is 29.2. The maximum absolute atomic E-state index is 5.14. The van der Waals surface area contributed by atoms with Crippen LogP contribution in [0.1, 0.15) is 11.1 Å². The van der Waals surface area contributed by atoms with E-state index in [9.17, 15) is 0 Å². The van der Waals surface area contributed by atoms with Gasteiger partial charge in [0.2, 0.25) is 0 Å². The van der Waals surface area contributed by atoms with Crippen LogP contribution in [0.25, 0.3) is 89.7 Å². The van der Waals surface area contributed by atoms with Crippen molar-refractivity contribution in [1.29, 1.82) is 0 Å². The molecule has 10 rings (SSSR count). The molecule has 2 aromatic heterocycles. The first-order valence-corrected chi connectivity index (χ1v) is 18.0. The molecule has 0 aliphatic heterocycles. The van der Waals surface area contributed by atoms with Crippen LogP contribution in [0, 0.1) is 0 Å². The lowest BCUT2D eigenvalue weighted by Gasteiger charge is -2.11. The minimum Gasteiger partial charge on any atom is -0.327 e. The molecule has 1 aliphatic rings. The number of aryl methyl sites for hydroxylation is 1. The normalized spacial score (nSPS) is 11.8. The van der Waals surface area contributed by atoms with E-state index in [-0.39, 0.29) is 0 Å². The van der Waals surface area contributed by atoms with Crippen LogP contribution in [0.15, 0.2) is 176 Å². The van der Waals surface area contributed by atoms with Gasteiger partial charge in [0.05, 0.1) is 22.4 Å². The quantitative estimate of drug-likeness (QED) is 0.176. The molecule has 2 heterocycles. The highest BCUT2D eigenvalue weighted by atomic mass is 15.1. The summed E-state index contributed by atoms with van der Waals surface area (Å²) < 4.78 is 2.17. The van der Waals surface area contributed by atoms with Crippen LogP contribution >= 0.6 is 0 Å². The average molecular weight is 679 g/mol. The average Bonchev–Trinajstić information content (AvgIpc) is 3.78. The summed E-state index contributed by atoms with van der Waals surface area (Å²) in [5.41, 5.74) is 18.2. The maximum atomic E-state index is 5.14. The number of nitrogens with zero attached hydrogens (tertiary/aromatic N) is 4. The van der Waals surface area contributed by atoms with E-state index in [1.807, 2.05) is 12.1 Å². The van der Waals surface area contributed by atoms with E-state index in [2.05, 4.69) is 175 Å². The van der Waals surface area contributed by atoms with Crippen LogP contribution in [0.5, 0.6) is 0 Å². The van der Waals surface area contributed by atoms with Gasteiger partial charge in [0.15, 0.2) is 5.82 Å². The second-order valence-electron chi connectivity index (χ2n) is 13.8. The van der Waals surface area contributed by atoms with Gasteiger partial charge in [0.25, 0.3) is 0 Å². The van der Waals surface area contributed by atoms with Gasteiger partial charge < -0.3 is 4.57 Å². The fourth-order valence-electron chi connectivity index (χ4n) is 7.64. The summed E-state index contributed by atoms with van der Waals surface area (Å²) in [6.45, 7) is 0. The second-order valence-corrected chi connectivity index (χ2v) is 13.8. The van der Waals surface area contributed by atoms with E-state index in [0.717, 1.165) is 68.0 Å². The summed E-state index contributed by atoms with van der Waals surface area (Å²) in [6, 6.07) is 62.2. The van der Waals surface area contributed by atoms with Crippen molar-refractivity contribution in [2.24, 2.45) is 7.05 Å². The van der Waals surface area contributed by atoms with Gasteiger partial charge >= 0.3 is 0 Å². The Kier molecular flexibility index (Phi) is 7.40. The molecule has 0 unspecified atom stereocenters. The first-order chi connectivity index (χ1) is 26.1. The summed E-state index contributed by atoms with van der Waals surface area (Å²) in [5.74, 6) is 1.66. The molecule has 7 aromatic carbocycles. The van der Waals surface area contributed by atoms with Crippen molar-refractivity contribution < 1.29 is 0 Å². The zero-order valence-electron chi connectivity index (χ0n) is 29.2. The van der Waals surface area contributed by atoms with Crippen LogP contribution in [0.2, 0.25) is 0 Å². The van der Waals surface area contributed by atoms with Gasteiger partial charge in [-0.15, -0.1) is 0 Å². The minimum atomic E-state index is 0.698. The van der Waals surface area contributed by atoms with Crippen molar-refractivity contribution in [2.75, 3.05) is 0 Å². The van der Waals surface area contributed by atoms with E-state index in [4.69, 9.17) is 15.0 Å². The Morgan fingerprint density at radius 1 is 0.396 bits per heavy atom. The van der Waals surface area contributed by atoms with E-state index < -0.39 is 0 Å². The first kappa shape index (κ1) is 30.9. The third-order valence-electron chi connectivity index (χ3n) is 10.5. The molecule has 0 spiro atoms. The highest BCUT2D eigenvalue weighted by molar-refractivity contribution is 5.86. The molecule has 4 heteroatoms. The fourth-order valence-corrected chi connectivity index (χ4v) is 7.64. The summed E-state index contributed by atoms with van der Waals surface area (Å²) in [5, 5.41) is 0. The lowest BCUT2D eigenvalue weighted by Crippen LogP contribution is -1.96. The topological polar surface area (TPSA) is 43.6 Å². The van der Waals surface area contributed by atoms with Gasteiger partial charge in [-0.3, -0.25) is 0 Å². The number of hydrogen-bond acceptors (Lipinski definition) is 3. The molecular formula is C49H34N4. The van der Waals surface area contributed by atoms with Gasteiger partial charge in [-0.05, 0) is 75.2 Å². The lowest BCUT2D eigenvalue weighted by atomic mass is 9.97. The van der Waals surface area contributed by atoms with Crippen LogP contribution in [0.3, 0.4) is 0 Å². The van der Waals surface area contributed by atoms with Crippen molar-refractivity contribution >= 4 is 11.0 Å². The van der Waals surface area contributed by atoms with Crippen LogP contribution < -0.4 is 0 Å². The summed E-state index contributed by atoms with van der Waals surface area (Å²) in [7, 11) is 2.08. The van der Waals surface area contributed by atoms with Crippen LogP contribution in [0.4, 0.5) is 0 Å².